The Labute approximate surface area is 599 Å². The van der Waals surface area contributed by atoms with Crippen LogP contribution in [0.2, 0.25) is 5.02 Å². The summed E-state index contributed by atoms with van der Waals surface area (Å²) < 4.78 is 41.7. The second kappa shape index (κ2) is 36.4. The van der Waals surface area contributed by atoms with E-state index in [1.54, 1.807) is 4.90 Å². The van der Waals surface area contributed by atoms with Crippen LogP contribution in [-0.4, -0.2) is 251 Å². The average Bonchev–Trinajstić information content (AvgIpc) is 1.77. The lowest BCUT2D eigenvalue weighted by Crippen LogP contribution is -2.65. The van der Waals surface area contributed by atoms with E-state index in [1.165, 1.54) is 79.9 Å². The van der Waals surface area contributed by atoms with Crippen molar-refractivity contribution >= 4 is 82.5 Å². The second-order valence-electron chi connectivity index (χ2n) is 30.5. The molecule has 3 N–H and O–H groups in total. The maximum Gasteiger partial charge on any atom is 0.417 e. The molecule has 0 aromatic heterocycles. The third kappa shape index (κ3) is 21.1. The van der Waals surface area contributed by atoms with E-state index in [9.17, 15) is 41.9 Å². The lowest BCUT2D eigenvalue weighted by Gasteiger charge is -2.43. The molecule has 0 unspecified atom stereocenters. The van der Waals surface area contributed by atoms with Crippen molar-refractivity contribution in [3.8, 4) is 0 Å². The number of fused-ring (bicyclic) bond motifs is 1. The number of likely N-dealkylation sites (tertiary alicyclic amines) is 1. The van der Waals surface area contributed by atoms with Gasteiger partial charge in [-0.05, 0) is 131 Å². The van der Waals surface area contributed by atoms with Crippen LogP contribution in [0.15, 0.2) is 18.2 Å². The molecule has 3 heterocycles. The molecule has 6 aliphatic rings. The summed E-state index contributed by atoms with van der Waals surface area (Å²) in [6.45, 7) is 6.59. The van der Waals surface area contributed by atoms with Crippen LogP contribution in [-0.2, 0) is 70.1 Å². The van der Waals surface area contributed by atoms with Gasteiger partial charge in [0.15, 0.2) is 0 Å². The molecule has 24 nitrogen and oxygen atoms in total. The van der Waals surface area contributed by atoms with Crippen LogP contribution in [0.3, 0.4) is 0 Å². The molecule has 7 atom stereocenters. The third-order valence-corrected chi connectivity index (χ3v) is 22.2. The number of piperidine rings is 1. The van der Waals surface area contributed by atoms with Gasteiger partial charge in [0.1, 0.15) is 47.8 Å². The Morgan fingerprint density at radius 1 is 0.574 bits per heavy atom. The molecule has 7 rings (SSSR count). The molecule has 101 heavy (non-hydrogen) atoms. The number of nitrogens with one attached hydrogen (secondary N) is 3. The van der Waals surface area contributed by atoms with E-state index in [-0.39, 0.29) is 75.7 Å². The highest BCUT2D eigenvalue weighted by Gasteiger charge is 2.51. The summed E-state index contributed by atoms with van der Waals surface area (Å²) in [7, 11) is 10.0. The van der Waals surface area contributed by atoms with Gasteiger partial charge in [-0.25, -0.2) is 0 Å². The zero-order valence-corrected chi connectivity index (χ0v) is 62.2. The van der Waals surface area contributed by atoms with Gasteiger partial charge in [-0.1, -0.05) is 110 Å². The first-order valence-electron chi connectivity index (χ1n) is 36.8. The summed E-state index contributed by atoms with van der Waals surface area (Å²) in [5.74, 6) is -8.34. The number of benzene rings is 1. The summed E-state index contributed by atoms with van der Waals surface area (Å²) in [6, 6.07) is -5.50. The van der Waals surface area contributed by atoms with E-state index >= 15 is 28.8 Å². The Kier molecular flexibility index (Phi) is 29.3. The van der Waals surface area contributed by atoms with Crippen molar-refractivity contribution in [2.75, 3.05) is 88.6 Å². The number of hydrogen-bond donors (Lipinski definition) is 3. The molecule has 12 amide bonds. The summed E-state index contributed by atoms with van der Waals surface area (Å²) in [5.41, 5.74) is -2.33. The Hall–Kier alpha value is -7.06. The molecule has 6 fully saturated rings. The fourth-order valence-corrected chi connectivity index (χ4v) is 16.2. The van der Waals surface area contributed by atoms with Crippen LogP contribution in [0, 0.1) is 23.7 Å². The van der Waals surface area contributed by atoms with Gasteiger partial charge in [-0.2, -0.15) is 13.2 Å². The molecule has 28 heteroatoms. The Bertz CT molecular complexity index is 3130. The fourth-order valence-electron chi connectivity index (χ4n) is 15.9. The normalized spacial score (nSPS) is 26.5. The van der Waals surface area contributed by atoms with Gasteiger partial charge >= 0.3 is 6.18 Å². The highest BCUT2D eigenvalue weighted by Crippen LogP contribution is 2.39. The molecule has 1 spiro atoms. The van der Waals surface area contributed by atoms with E-state index in [2.05, 4.69) is 16.0 Å². The van der Waals surface area contributed by atoms with Crippen LogP contribution in [0.5, 0.6) is 0 Å². The van der Waals surface area contributed by atoms with Gasteiger partial charge in [-0.3, -0.25) is 57.5 Å². The predicted molar refractivity (Wildman–Crippen MR) is 374 cm³/mol. The monoisotopic (exact) mass is 1440 g/mol. The molecule has 3 saturated heterocycles. The maximum atomic E-state index is 15.8. The smallest absolute Gasteiger partial charge is 0.343 e. The van der Waals surface area contributed by atoms with Crippen molar-refractivity contribution in [2.45, 2.75) is 242 Å². The Balaban J connectivity index is 1.29. The number of carbonyl (C=O) groups excluding carboxylic acids is 12. The molecule has 3 aliphatic carbocycles. The van der Waals surface area contributed by atoms with E-state index < -0.39 is 167 Å². The van der Waals surface area contributed by atoms with Gasteiger partial charge < -0.3 is 60.0 Å². The zero-order chi connectivity index (χ0) is 74.4. The topological polar surface area (TPSA) is 270 Å². The molecular formula is C73H112ClF3N12O12. The van der Waals surface area contributed by atoms with E-state index in [0.29, 0.717) is 63.6 Å². The molecule has 3 aliphatic heterocycles. The molecule has 0 radical (unpaired) electrons. The van der Waals surface area contributed by atoms with Gasteiger partial charge in [0, 0.05) is 69.0 Å². The number of carbonyl (C=O) groups is 12. The third-order valence-electron chi connectivity index (χ3n) is 21.9. The number of hydrogen-bond acceptors (Lipinski definition) is 12. The molecule has 564 valence electrons. The fraction of sp³-hybridized carbons (Fsp3) is 0.753. The standard InChI is InChI=1S/C73H112ClF3N12O12/c1-46(2)38-54-66(96)83(7)44-61(92)81(5)45-62(93)85(9)57(41-48-24-15-12-16-25-48)68(98)82(6)43-59(90)78-53(32-30-49-29-31-51(52(74)40-49)73(75,76)77)67(97)89-37-23-28-55(89)65(95)80-72(33-19-20-34-72)71(101)87(11)63(50-26-17-13-18-27-50)70(100)86(10)58(69(99)88-35-21-14-22-36-88)42-60(91)84(8)56(39-47(3)4)64(94)79-54/h29,31,40,46-48,50,53-58,63H,12-28,30,32-39,41-45H2,1-11H3,(H,78,90)(H,79,94)(H,80,95)/t53-,54-,55-,56-,57-,58-,63-/m0/s1. The summed E-state index contributed by atoms with van der Waals surface area (Å²) in [5, 5.41) is 8.18. The summed E-state index contributed by atoms with van der Waals surface area (Å²) in [4.78, 5) is 191. The minimum absolute atomic E-state index is 0.0202. The summed E-state index contributed by atoms with van der Waals surface area (Å²) >= 11 is 6.16. The summed E-state index contributed by atoms with van der Waals surface area (Å²) in [6.07, 6.45) is 6.85. The lowest BCUT2D eigenvalue weighted by molar-refractivity contribution is -0.157. The average molecular weight is 1440 g/mol. The van der Waals surface area contributed by atoms with Crippen LogP contribution in [0.25, 0.3) is 0 Å². The number of alkyl halides is 3. The van der Waals surface area contributed by atoms with Gasteiger partial charge in [0.05, 0.1) is 36.6 Å². The van der Waals surface area contributed by atoms with Crippen molar-refractivity contribution in [3.05, 3.63) is 34.3 Å². The number of likely N-dealkylation sites (N-methyl/N-ethyl adjacent to an activating group) is 7. The van der Waals surface area contributed by atoms with E-state index in [0.717, 1.165) is 84.6 Å². The largest absolute Gasteiger partial charge is 0.417 e. The van der Waals surface area contributed by atoms with Crippen molar-refractivity contribution < 1.29 is 70.7 Å². The zero-order valence-electron chi connectivity index (χ0n) is 61.4. The van der Waals surface area contributed by atoms with Crippen LogP contribution in [0.4, 0.5) is 13.2 Å². The Morgan fingerprint density at radius 3 is 1.76 bits per heavy atom. The highest BCUT2D eigenvalue weighted by molar-refractivity contribution is 6.31. The van der Waals surface area contributed by atoms with Crippen LogP contribution >= 0.6 is 11.6 Å². The van der Waals surface area contributed by atoms with E-state index in [1.807, 2.05) is 27.7 Å². The lowest BCUT2D eigenvalue weighted by atomic mass is 9.81. The van der Waals surface area contributed by atoms with Gasteiger partial charge in [0.2, 0.25) is 70.9 Å². The number of nitrogens with zero attached hydrogens (tertiary/aromatic N) is 9. The van der Waals surface area contributed by atoms with Crippen molar-refractivity contribution in [1.82, 2.24) is 60.0 Å². The van der Waals surface area contributed by atoms with Crippen molar-refractivity contribution in [2.24, 2.45) is 23.7 Å². The van der Waals surface area contributed by atoms with Crippen LogP contribution < -0.4 is 16.0 Å². The van der Waals surface area contributed by atoms with E-state index in [4.69, 9.17) is 11.6 Å². The van der Waals surface area contributed by atoms with Gasteiger partial charge in [0.25, 0.3) is 0 Å². The van der Waals surface area contributed by atoms with Crippen molar-refractivity contribution in [1.29, 1.82) is 0 Å². The first kappa shape index (κ1) is 81.2. The molecule has 1 aromatic carbocycles. The minimum Gasteiger partial charge on any atom is -0.343 e. The van der Waals surface area contributed by atoms with Crippen LogP contribution in [0.1, 0.15) is 193 Å². The molecule has 1 aromatic rings. The minimum atomic E-state index is -4.76. The first-order chi connectivity index (χ1) is 47.6. The second-order valence-corrected chi connectivity index (χ2v) is 30.9. The number of halogens is 4. The maximum absolute atomic E-state index is 15.8. The first-order valence-corrected chi connectivity index (χ1v) is 37.2. The number of aryl methyl sites for hydroxylation is 1. The number of rotatable bonds is 11. The van der Waals surface area contributed by atoms with Gasteiger partial charge in [-0.15, -0.1) is 0 Å². The predicted octanol–water partition coefficient (Wildman–Crippen LogP) is 6.42. The molecular weight excluding hydrogens is 1330 g/mol. The number of amides is 12. The Morgan fingerprint density at radius 2 is 1.16 bits per heavy atom. The molecule has 0 bridgehead atoms. The quantitative estimate of drug-likeness (QED) is 0.217. The van der Waals surface area contributed by atoms with Crippen molar-refractivity contribution in [3.63, 3.8) is 0 Å². The molecule has 3 saturated carbocycles. The highest BCUT2D eigenvalue weighted by atomic mass is 35.5. The SMILES string of the molecule is CC(C)C[C@@H]1NC(=O)[C@H](CC(C)C)N(C)C(=O)C[C@@H](C(=O)N2CCCCC2)N(C)C(=O)[C@H](C2CCCCC2)N(C)C(=O)C2(CCCC2)NC(=O)[C@@H]2CCCN2C(=O)[C@H](CCc2ccc(C(F)(F)F)c(Cl)c2)NC(=O)CN(C)C(=O)[C@H](CC2CCCCC2)N(C)C(=O)CN(C)C(=O)CN(C)C1=O.